The van der Waals surface area contributed by atoms with Crippen molar-refractivity contribution in [3.05, 3.63) is 104 Å². The fourth-order valence-corrected chi connectivity index (χ4v) is 3.33. The SMILES string of the molecule is Cc1ccc(OC(/C=C\Cc2ccc(F)cc2)=Nc2c(C)c(=O)n(CCCO)c(=O)n2C)cc1. The van der Waals surface area contributed by atoms with Gasteiger partial charge in [-0.1, -0.05) is 35.9 Å². The molecule has 0 radical (unpaired) electrons. The molecule has 0 aliphatic rings. The zero-order valence-electron chi connectivity index (χ0n) is 19.5. The van der Waals surface area contributed by atoms with Gasteiger partial charge in [-0.2, -0.15) is 4.99 Å². The van der Waals surface area contributed by atoms with Crippen LogP contribution in [-0.2, 0) is 20.0 Å². The smallest absolute Gasteiger partial charge is 0.332 e. The fraction of sp³-hybridized carbons (Fsp3) is 0.269. The first-order chi connectivity index (χ1) is 16.3. The second kappa shape index (κ2) is 11.4. The Morgan fingerprint density at radius 3 is 2.41 bits per heavy atom. The van der Waals surface area contributed by atoms with Gasteiger partial charge in [0.2, 0.25) is 5.90 Å². The van der Waals surface area contributed by atoms with Gasteiger partial charge in [-0.15, -0.1) is 0 Å². The summed E-state index contributed by atoms with van der Waals surface area (Å²) < 4.78 is 21.5. The number of hydrogen-bond acceptors (Lipinski definition) is 5. The number of aliphatic imine (C=N–C) groups is 1. The first-order valence-corrected chi connectivity index (χ1v) is 11.0. The maximum Gasteiger partial charge on any atom is 0.332 e. The van der Waals surface area contributed by atoms with Gasteiger partial charge >= 0.3 is 5.69 Å². The summed E-state index contributed by atoms with van der Waals surface area (Å²) in [5, 5.41) is 9.07. The number of aliphatic hydroxyl groups excluding tert-OH is 1. The maximum atomic E-state index is 13.2. The van der Waals surface area contributed by atoms with Crippen molar-refractivity contribution in [2.75, 3.05) is 6.61 Å². The summed E-state index contributed by atoms with van der Waals surface area (Å²) in [5.41, 5.74) is 1.29. The van der Waals surface area contributed by atoms with Crippen LogP contribution in [0.15, 0.2) is 75.3 Å². The van der Waals surface area contributed by atoms with E-state index in [0.717, 1.165) is 15.7 Å². The van der Waals surface area contributed by atoms with Crippen molar-refractivity contribution >= 4 is 11.7 Å². The molecule has 0 spiro atoms. The van der Waals surface area contributed by atoms with E-state index in [-0.39, 0.29) is 36.2 Å². The quantitative estimate of drug-likeness (QED) is 0.407. The number of aliphatic hydroxyl groups is 1. The lowest BCUT2D eigenvalue weighted by molar-refractivity contribution is 0.277. The third-order valence-corrected chi connectivity index (χ3v) is 5.26. The second-order valence-electron chi connectivity index (χ2n) is 7.92. The standard InChI is InChI=1S/C26H28FN3O4/c1-18-8-14-22(15-9-18)34-23(7-4-6-20-10-12-21(27)13-11-20)28-24-19(2)25(32)30(16-5-17-31)26(33)29(24)3/h4,7-15,31H,5-6,16-17H2,1-3H3/b7-4-,28-23?. The molecule has 3 aromatic rings. The largest absolute Gasteiger partial charge is 0.439 e. The molecule has 0 unspecified atom stereocenters. The Hall–Kier alpha value is -3.78. The lowest BCUT2D eigenvalue weighted by Gasteiger charge is -2.13. The number of hydrogen-bond donors (Lipinski definition) is 1. The summed E-state index contributed by atoms with van der Waals surface area (Å²) in [6.07, 6.45) is 4.28. The highest BCUT2D eigenvalue weighted by atomic mass is 19.1. The molecule has 0 atom stereocenters. The average Bonchev–Trinajstić information content (AvgIpc) is 2.83. The van der Waals surface area contributed by atoms with Crippen molar-refractivity contribution in [1.82, 2.24) is 9.13 Å². The number of halogens is 1. The molecule has 178 valence electrons. The van der Waals surface area contributed by atoms with Gasteiger partial charge in [0.25, 0.3) is 5.56 Å². The summed E-state index contributed by atoms with van der Waals surface area (Å²) in [6, 6.07) is 13.6. The highest BCUT2D eigenvalue weighted by molar-refractivity contribution is 5.91. The van der Waals surface area contributed by atoms with Crippen molar-refractivity contribution < 1.29 is 14.2 Å². The number of nitrogens with zero attached hydrogens (tertiary/aromatic N) is 3. The van der Waals surface area contributed by atoms with Crippen molar-refractivity contribution in [2.24, 2.45) is 12.0 Å². The van der Waals surface area contributed by atoms with Crippen LogP contribution in [0.25, 0.3) is 0 Å². The molecule has 1 heterocycles. The van der Waals surface area contributed by atoms with Crippen LogP contribution < -0.4 is 16.0 Å². The van der Waals surface area contributed by atoms with Crippen LogP contribution in [0.1, 0.15) is 23.1 Å². The summed E-state index contributed by atoms with van der Waals surface area (Å²) >= 11 is 0. The van der Waals surface area contributed by atoms with Gasteiger partial charge in [-0.3, -0.25) is 13.9 Å². The number of aromatic nitrogens is 2. The van der Waals surface area contributed by atoms with Gasteiger partial charge in [-0.05, 0) is 62.6 Å². The van der Waals surface area contributed by atoms with E-state index in [4.69, 9.17) is 9.84 Å². The van der Waals surface area contributed by atoms with Crippen LogP contribution in [0, 0.1) is 19.7 Å². The number of allylic oxidation sites excluding steroid dienone is 1. The lowest BCUT2D eigenvalue weighted by atomic mass is 10.1. The Labute approximate surface area is 197 Å². The zero-order chi connectivity index (χ0) is 24.7. The van der Waals surface area contributed by atoms with Crippen LogP contribution in [0.5, 0.6) is 5.75 Å². The van der Waals surface area contributed by atoms with Gasteiger partial charge in [-0.25, -0.2) is 9.18 Å². The lowest BCUT2D eigenvalue weighted by Crippen LogP contribution is -2.40. The molecule has 34 heavy (non-hydrogen) atoms. The Bertz CT molecular complexity index is 1270. The molecule has 1 N–H and O–H groups in total. The van der Waals surface area contributed by atoms with Gasteiger partial charge in [0.15, 0.2) is 0 Å². The van der Waals surface area contributed by atoms with Crippen LogP contribution in [0.3, 0.4) is 0 Å². The topological polar surface area (TPSA) is 85.8 Å². The molecule has 3 rings (SSSR count). The Morgan fingerprint density at radius 2 is 1.76 bits per heavy atom. The van der Waals surface area contributed by atoms with E-state index in [1.165, 1.54) is 23.7 Å². The predicted molar refractivity (Wildman–Crippen MR) is 131 cm³/mol. The van der Waals surface area contributed by atoms with Crippen molar-refractivity contribution in [2.45, 2.75) is 33.2 Å². The van der Waals surface area contributed by atoms with Gasteiger partial charge in [0, 0.05) is 20.2 Å². The number of ether oxygens (including phenoxy) is 1. The van der Waals surface area contributed by atoms with E-state index in [2.05, 4.69) is 4.99 Å². The van der Waals surface area contributed by atoms with Crippen LogP contribution in [0.2, 0.25) is 0 Å². The van der Waals surface area contributed by atoms with Crippen LogP contribution >= 0.6 is 0 Å². The average molecular weight is 466 g/mol. The highest BCUT2D eigenvalue weighted by Crippen LogP contribution is 2.17. The fourth-order valence-electron chi connectivity index (χ4n) is 3.33. The Balaban J connectivity index is 2.00. The van der Waals surface area contributed by atoms with Crippen molar-refractivity contribution in [3.63, 3.8) is 0 Å². The molecule has 1 aromatic heterocycles. The Kier molecular flexibility index (Phi) is 8.32. The van der Waals surface area contributed by atoms with E-state index in [0.29, 0.717) is 18.6 Å². The van der Waals surface area contributed by atoms with Crippen LogP contribution in [-0.4, -0.2) is 26.7 Å². The molecule has 0 aliphatic carbocycles. The first kappa shape index (κ1) is 24.9. The Morgan fingerprint density at radius 1 is 1.09 bits per heavy atom. The summed E-state index contributed by atoms with van der Waals surface area (Å²) in [4.78, 5) is 30.1. The minimum Gasteiger partial charge on any atom is -0.439 e. The third-order valence-electron chi connectivity index (χ3n) is 5.26. The second-order valence-corrected chi connectivity index (χ2v) is 7.92. The third kappa shape index (κ3) is 6.17. The summed E-state index contributed by atoms with van der Waals surface area (Å²) in [6.45, 7) is 3.56. The molecule has 0 bridgehead atoms. The van der Waals surface area contributed by atoms with Gasteiger partial charge in [0.1, 0.15) is 17.4 Å². The van der Waals surface area contributed by atoms with E-state index >= 15 is 0 Å². The summed E-state index contributed by atoms with van der Waals surface area (Å²) in [5.74, 6) is 0.623. The molecule has 0 fully saturated rings. The molecular formula is C26H28FN3O4. The summed E-state index contributed by atoms with van der Waals surface area (Å²) in [7, 11) is 1.54. The predicted octanol–water partition coefficient (Wildman–Crippen LogP) is 3.59. The molecular weight excluding hydrogens is 437 g/mol. The normalized spacial score (nSPS) is 11.9. The number of rotatable bonds is 8. The van der Waals surface area contributed by atoms with Crippen molar-refractivity contribution in [1.29, 1.82) is 0 Å². The van der Waals surface area contributed by atoms with E-state index in [1.807, 2.05) is 25.1 Å². The van der Waals surface area contributed by atoms with Crippen LogP contribution in [0.4, 0.5) is 10.2 Å². The molecule has 0 amide bonds. The molecule has 7 nitrogen and oxygen atoms in total. The molecule has 0 aliphatic heterocycles. The highest BCUT2D eigenvalue weighted by Gasteiger charge is 2.14. The molecule has 8 heteroatoms. The molecule has 2 aromatic carbocycles. The monoisotopic (exact) mass is 465 g/mol. The zero-order valence-corrected chi connectivity index (χ0v) is 19.5. The van der Waals surface area contributed by atoms with Gasteiger partial charge < -0.3 is 9.84 Å². The number of benzene rings is 2. The van der Waals surface area contributed by atoms with E-state index in [1.54, 1.807) is 37.3 Å². The van der Waals surface area contributed by atoms with Crippen molar-refractivity contribution in [3.8, 4) is 5.75 Å². The minimum atomic E-state index is -0.521. The minimum absolute atomic E-state index is 0.122. The maximum absolute atomic E-state index is 13.2. The van der Waals surface area contributed by atoms with E-state index < -0.39 is 11.2 Å². The molecule has 0 saturated carbocycles. The van der Waals surface area contributed by atoms with Gasteiger partial charge in [0.05, 0.1) is 5.56 Å². The number of aryl methyl sites for hydroxylation is 1. The molecule has 0 saturated heterocycles. The first-order valence-electron chi connectivity index (χ1n) is 11.0. The van der Waals surface area contributed by atoms with E-state index in [9.17, 15) is 14.0 Å².